The Morgan fingerprint density at radius 2 is 1.33 bits per heavy atom. The molecule has 0 spiro atoms. The fourth-order valence-electron chi connectivity index (χ4n) is 1.88. The van der Waals surface area contributed by atoms with Crippen LogP contribution in [0.15, 0.2) is 36.4 Å². The van der Waals surface area contributed by atoms with Gasteiger partial charge in [-0.25, -0.2) is 0 Å². The number of methoxy groups -OCH3 is 1. The van der Waals surface area contributed by atoms with E-state index in [0.29, 0.717) is 12.1 Å². The Bertz CT molecular complexity index is 801. The van der Waals surface area contributed by atoms with Gasteiger partial charge in [-0.15, -0.1) is 0 Å². The summed E-state index contributed by atoms with van der Waals surface area (Å²) in [4.78, 5) is 30.2. The third-order valence-corrected chi connectivity index (χ3v) is 2.92. The van der Waals surface area contributed by atoms with Gasteiger partial charge in [0.05, 0.1) is 34.0 Å². The lowest BCUT2D eigenvalue weighted by atomic mass is 10.2. The van der Waals surface area contributed by atoms with Crippen LogP contribution in [0.5, 0.6) is 17.2 Å². The van der Waals surface area contributed by atoms with Gasteiger partial charge in [0.1, 0.15) is 0 Å². The summed E-state index contributed by atoms with van der Waals surface area (Å²) in [5.41, 5.74) is -2.59. The second-order valence-electron chi connectivity index (χ2n) is 4.34. The molecule has 0 atom stereocenters. The quantitative estimate of drug-likeness (QED) is 0.577. The molecule has 11 nitrogen and oxygen atoms in total. The molecule has 24 heavy (non-hydrogen) atoms. The first-order chi connectivity index (χ1) is 11.3. The summed E-state index contributed by atoms with van der Waals surface area (Å²) >= 11 is 0. The molecule has 0 unspecified atom stereocenters. The molecule has 0 fully saturated rings. The summed E-state index contributed by atoms with van der Waals surface area (Å²) in [6, 6.07) is 7.19. The second-order valence-corrected chi connectivity index (χ2v) is 4.34. The minimum Gasteiger partial charge on any atom is -0.493 e. The maximum Gasteiger partial charge on any atom is 0.325 e. The van der Waals surface area contributed by atoms with Crippen LogP contribution < -0.4 is 9.47 Å². The monoisotopic (exact) mass is 335 g/mol. The van der Waals surface area contributed by atoms with Gasteiger partial charge in [-0.3, -0.25) is 30.3 Å². The molecular formula is C13H9N3O8. The van der Waals surface area contributed by atoms with Gasteiger partial charge in [-0.2, -0.15) is 0 Å². The van der Waals surface area contributed by atoms with Crippen molar-refractivity contribution in [3.8, 4) is 17.2 Å². The molecule has 0 amide bonds. The Morgan fingerprint density at radius 1 is 0.833 bits per heavy atom. The molecule has 0 aliphatic carbocycles. The van der Waals surface area contributed by atoms with Crippen molar-refractivity contribution in [1.82, 2.24) is 0 Å². The minimum atomic E-state index is -0.995. The predicted molar refractivity (Wildman–Crippen MR) is 79.5 cm³/mol. The van der Waals surface area contributed by atoms with Gasteiger partial charge >= 0.3 is 11.4 Å². The van der Waals surface area contributed by atoms with Gasteiger partial charge in [0.15, 0.2) is 11.5 Å². The fourth-order valence-corrected chi connectivity index (χ4v) is 1.88. The molecule has 0 saturated carbocycles. The van der Waals surface area contributed by atoms with Crippen LogP contribution in [0, 0.1) is 30.3 Å². The third kappa shape index (κ3) is 3.19. The average molecular weight is 335 g/mol. The van der Waals surface area contributed by atoms with E-state index in [1.165, 1.54) is 25.3 Å². The molecule has 0 saturated heterocycles. The molecule has 0 bridgehead atoms. The molecule has 2 aromatic carbocycles. The number of ether oxygens (including phenoxy) is 2. The highest BCUT2D eigenvalue weighted by Gasteiger charge is 2.33. The van der Waals surface area contributed by atoms with Gasteiger partial charge < -0.3 is 9.47 Å². The minimum absolute atomic E-state index is 0.0138. The maximum atomic E-state index is 11.2. The second kappa shape index (κ2) is 6.56. The summed E-state index contributed by atoms with van der Waals surface area (Å²) < 4.78 is 10.3. The van der Waals surface area contributed by atoms with Gasteiger partial charge in [0.25, 0.3) is 11.4 Å². The molecular weight excluding hydrogens is 326 g/mol. The lowest BCUT2D eigenvalue weighted by molar-refractivity contribution is -0.404. The normalized spacial score (nSPS) is 10.0. The van der Waals surface area contributed by atoms with Crippen molar-refractivity contribution in [2.24, 2.45) is 0 Å². The standard InChI is InChI=1S/C13H9N3O8/c1-23-11-4-2-3-5-12(11)24-13-9(15(19)20)6-8(14(17)18)7-10(13)16(21)22/h2-7H,1H3. The summed E-state index contributed by atoms with van der Waals surface area (Å²) in [6.45, 7) is 0. The molecule has 0 heterocycles. The number of hydrogen-bond donors (Lipinski definition) is 0. The molecule has 124 valence electrons. The van der Waals surface area contributed by atoms with Gasteiger partial charge in [-0.1, -0.05) is 12.1 Å². The Hall–Kier alpha value is -3.76. The van der Waals surface area contributed by atoms with E-state index in [1.54, 1.807) is 6.07 Å². The van der Waals surface area contributed by atoms with E-state index in [9.17, 15) is 30.3 Å². The molecule has 11 heteroatoms. The third-order valence-electron chi connectivity index (χ3n) is 2.92. The highest BCUT2D eigenvalue weighted by atomic mass is 16.6. The van der Waals surface area contributed by atoms with Crippen LogP contribution in [0.3, 0.4) is 0 Å². The van der Waals surface area contributed by atoms with Crippen molar-refractivity contribution in [2.45, 2.75) is 0 Å². The van der Waals surface area contributed by atoms with Crippen molar-refractivity contribution in [3.05, 3.63) is 66.7 Å². The van der Waals surface area contributed by atoms with E-state index in [1.807, 2.05) is 0 Å². The number of nitrogens with zero attached hydrogens (tertiary/aromatic N) is 3. The van der Waals surface area contributed by atoms with E-state index in [-0.39, 0.29) is 11.5 Å². The van der Waals surface area contributed by atoms with Crippen LogP contribution >= 0.6 is 0 Å². The highest BCUT2D eigenvalue weighted by Crippen LogP contribution is 2.44. The molecule has 0 aliphatic heterocycles. The molecule has 2 aromatic rings. The van der Waals surface area contributed by atoms with Crippen molar-refractivity contribution in [2.75, 3.05) is 7.11 Å². The zero-order chi connectivity index (χ0) is 17.9. The Balaban J connectivity index is 2.69. The summed E-state index contributed by atoms with van der Waals surface area (Å²) in [7, 11) is 1.32. The van der Waals surface area contributed by atoms with E-state index >= 15 is 0 Å². The highest BCUT2D eigenvalue weighted by molar-refractivity contribution is 5.67. The van der Waals surface area contributed by atoms with Gasteiger partial charge in [0, 0.05) is 0 Å². The molecule has 0 aliphatic rings. The number of hydrogen-bond acceptors (Lipinski definition) is 8. The Kier molecular flexibility index (Phi) is 4.54. The SMILES string of the molecule is COc1ccccc1Oc1c([N+](=O)[O-])cc([N+](=O)[O-])cc1[N+](=O)[O-]. The number of benzene rings is 2. The van der Waals surface area contributed by atoms with Crippen LogP contribution in [-0.4, -0.2) is 21.9 Å². The topological polar surface area (TPSA) is 148 Å². The smallest absolute Gasteiger partial charge is 0.325 e. The van der Waals surface area contributed by atoms with Crippen molar-refractivity contribution in [3.63, 3.8) is 0 Å². The van der Waals surface area contributed by atoms with Crippen LogP contribution in [0.1, 0.15) is 0 Å². The number of nitro benzene ring substituents is 3. The Morgan fingerprint density at radius 3 is 1.75 bits per heavy atom. The van der Waals surface area contributed by atoms with Gasteiger partial charge in [-0.05, 0) is 12.1 Å². The fraction of sp³-hybridized carbons (Fsp3) is 0.0769. The summed E-state index contributed by atoms with van der Waals surface area (Å²) in [5, 5.41) is 33.2. The molecule has 0 radical (unpaired) electrons. The van der Waals surface area contributed by atoms with Crippen LogP contribution in [0.4, 0.5) is 17.1 Å². The summed E-state index contributed by atoms with van der Waals surface area (Å²) in [6.07, 6.45) is 0. The maximum absolute atomic E-state index is 11.2. The predicted octanol–water partition coefficient (Wildman–Crippen LogP) is 3.21. The van der Waals surface area contributed by atoms with E-state index in [4.69, 9.17) is 9.47 Å². The lowest BCUT2D eigenvalue weighted by Gasteiger charge is -2.10. The van der Waals surface area contributed by atoms with E-state index in [0.717, 1.165) is 0 Å². The van der Waals surface area contributed by atoms with Crippen LogP contribution in [0.2, 0.25) is 0 Å². The first-order valence-corrected chi connectivity index (χ1v) is 6.27. The number of non-ortho nitro benzene ring substituents is 1. The van der Waals surface area contributed by atoms with Crippen molar-refractivity contribution in [1.29, 1.82) is 0 Å². The molecule has 0 N–H and O–H groups in total. The number of nitro groups is 3. The Labute approximate surface area is 133 Å². The zero-order valence-electron chi connectivity index (χ0n) is 12.1. The van der Waals surface area contributed by atoms with Crippen LogP contribution in [-0.2, 0) is 0 Å². The van der Waals surface area contributed by atoms with Crippen molar-refractivity contribution < 1.29 is 24.2 Å². The average Bonchev–Trinajstić information content (AvgIpc) is 2.54. The van der Waals surface area contributed by atoms with Crippen molar-refractivity contribution >= 4 is 17.1 Å². The number of para-hydroxylation sites is 2. The van der Waals surface area contributed by atoms with Gasteiger partial charge in [0.2, 0.25) is 0 Å². The summed E-state index contributed by atoms with van der Waals surface area (Å²) in [5.74, 6) is -0.556. The first kappa shape index (κ1) is 16.6. The van der Waals surface area contributed by atoms with E-state index < -0.39 is 37.6 Å². The molecule has 2 rings (SSSR count). The first-order valence-electron chi connectivity index (χ1n) is 6.27. The van der Waals surface area contributed by atoms with E-state index in [2.05, 4.69) is 0 Å². The zero-order valence-corrected chi connectivity index (χ0v) is 12.1. The van der Waals surface area contributed by atoms with Crippen LogP contribution in [0.25, 0.3) is 0 Å². The molecule has 0 aromatic heterocycles. The lowest BCUT2D eigenvalue weighted by Crippen LogP contribution is -2.01. The largest absolute Gasteiger partial charge is 0.493 e. The number of rotatable bonds is 6.